The number of benzene rings is 1. The minimum Gasteiger partial charge on any atom is -0.481 e. The van der Waals surface area contributed by atoms with Crippen LogP contribution in [0.3, 0.4) is 0 Å². The van der Waals surface area contributed by atoms with Crippen LogP contribution in [0.5, 0.6) is 0 Å². The van der Waals surface area contributed by atoms with Crippen molar-refractivity contribution in [2.24, 2.45) is 0 Å². The highest BCUT2D eigenvalue weighted by molar-refractivity contribution is 5.66. The Labute approximate surface area is 126 Å². The molecule has 0 spiro atoms. The third kappa shape index (κ3) is 3.48. The normalized spacial score (nSPS) is 10.9. The van der Waals surface area contributed by atoms with Gasteiger partial charge in [0.15, 0.2) is 5.82 Å². The average molecular weight is 309 g/mol. The summed E-state index contributed by atoms with van der Waals surface area (Å²) in [5.74, 6) is -2.20. The Balaban J connectivity index is 2.21. The van der Waals surface area contributed by atoms with Gasteiger partial charge in [-0.25, -0.2) is 13.5 Å². The number of hydrogen-bond donors (Lipinski definition) is 2. The van der Waals surface area contributed by atoms with Crippen LogP contribution in [0.25, 0.3) is 5.69 Å². The zero-order chi connectivity index (χ0) is 16.3. The molecule has 0 bridgehead atoms. The predicted molar refractivity (Wildman–Crippen MR) is 76.9 cm³/mol. The zero-order valence-electron chi connectivity index (χ0n) is 12.4. The summed E-state index contributed by atoms with van der Waals surface area (Å²) in [5.41, 5.74) is 2.49. The Morgan fingerprint density at radius 3 is 2.73 bits per heavy atom. The maximum absolute atomic E-state index is 13.9. The highest BCUT2D eigenvalue weighted by Crippen LogP contribution is 2.20. The lowest BCUT2D eigenvalue weighted by Gasteiger charge is -2.07. The topological polar surface area (TPSA) is 67.2 Å². The number of rotatable bonds is 6. The maximum atomic E-state index is 13.9. The molecule has 0 atom stereocenters. The summed E-state index contributed by atoms with van der Waals surface area (Å²) in [4.78, 5) is 10.5. The molecule has 0 saturated carbocycles. The molecule has 22 heavy (non-hydrogen) atoms. The first-order valence-electron chi connectivity index (χ1n) is 6.83. The molecule has 5 nitrogen and oxygen atoms in total. The number of carboxylic acids is 1. The maximum Gasteiger partial charge on any atom is 0.304 e. The molecular weight excluding hydrogens is 292 g/mol. The van der Waals surface area contributed by atoms with Crippen LogP contribution in [0.2, 0.25) is 0 Å². The third-order valence-electron chi connectivity index (χ3n) is 3.40. The van der Waals surface area contributed by atoms with Crippen molar-refractivity contribution >= 4 is 5.97 Å². The fourth-order valence-electron chi connectivity index (χ4n) is 2.23. The van der Waals surface area contributed by atoms with Crippen LogP contribution in [0, 0.1) is 25.5 Å². The van der Waals surface area contributed by atoms with Gasteiger partial charge in [-0.05, 0) is 26.0 Å². The van der Waals surface area contributed by atoms with E-state index in [1.54, 1.807) is 13.8 Å². The van der Waals surface area contributed by atoms with E-state index in [1.807, 2.05) is 0 Å². The Morgan fingerprint density at radius 1 is 1.36 bits per heavy atom. The van der Waals surface area contributed by atoms with E-state index in [0.29, 0.717) is 18.8 Å². The van der Waals surface area contributed by atoms with Gasteiger partial charge in [0.1, 0.15) is 11.5 Å². The van der Waals surface area contributed by atoms with Gasteiger partial charge in [0, 0.05) is 30.4 Å². The van der Waals surface area contributed by atoms with E-state index >= 15 is 0 Å². The molecule has 0 fully saturated rings. The number of nitrogens with zero attached hydrogens (tertiary/aromatic N) is 2. The van der Waals surface area contributed by atoms with Gasteiger partial charge in [-0.15, -0.1) is 0 Å². The second-order valence-electron chi connectivity index (χ2n) is 4.98. The van der Waals surface area contributed by atoms with Gasteiger partial charge in [-0.2, -0.15) is 5.10 Å². The van der Waals surface area contributed by atoms with E-state index in [4.69, 9.17) is 5.11 Å². The number of aromatic nitrogens is 2. The lowest BCUT2D eigenvalue weighted by atomic mass is 10.2. The largest absolute Gasteiger partial charge is 0.481 e. The van der Waals surface area contributed by atoms with Crippen LogP contribution >= 0.6 is 0 Å². The molecule has 7 heteroatoms. The van der Waals surface area contributed by atoms with E-state index in [2.05, 4.69) is 10.4 Å². The number of aryl methyl sites for hydroxylation is 1. The van der Waals surface area contributed by atoms with Gasteiger partial charge in [0.2, 0.25) is 0 Å². The Morgan fingerprint density at radius 2 is 2.09 bits per heavy atom. The summed E-state index contributed by atoms with van der Waals surface area (Å²) in [6.07, 6.45) is 0.0266. The highest BCUT2D eigenvalue weighted by atomic mass is 19.1. The van der Waals surface area contributed by atoms with Gasteiger partial charge >= 0.3 is 5.97 Å². The van der Waals surface area contributed by atoms with Gasteiger partial charge in [0.25, 0.3) is 0 Å². The van der Waals surface area contributed by atoms with Gasteiger partial charge in [-0.1, -0.05) is 0 Å². The van der Waals surface area contributed by atoms with Crippen LogP contribution in [-0.2, 0) is 11.3 Å². The second-order valence-corrected chi connectivity index (χ2v) is 4.98. The number of carboxylic acid groups (broad SMARTS) is 1. The van der Waals surface area contributed by atoms with Crippen LogP contribution in [0.1, 0.15) is 23.4 Å². The average Bonchev–Trinajstić information content (AvgIpc) is 2.70. The van der Waals surface area contributed by atoms with Gasteiger partial charge in [-0.3, -0.25) is 4.79 Å². The molecule has 0 radical (unpaired) electrons. The minimum atomic E-state index is -0.870. The molecule has 2 rings (SSSR count). The molecule has 2 N–H and O–H groups in total. The van der Waals surface area contributed by atoms with Crippen LogP contribution < -0.4 is 5.32 Å². The van der Waals surface area contributed by atoms with Gasteiger partial charge in [0.05, 0.1) is 12.1 Å². The molecule has 0 aliphatic heterocycles. The van der Waals surface area contributed by atoms with Crippen LogP contribution in [0.15, 0.2) is 18.2 Å². The number of halogens is 2. The molecule has 1 heterocycles. The van der Waals surface area contributed by atoms with Crippen molar-refractivity contribution in [1.29, 1.82) is 0 Å². The third-order valence-corrected chi connectivity index (χ3v) is 3.40. The molecule has 1 aromatic carbocycles. The number of hydrogen-bond acceptors (Lipinski definition) is 3. The standard InChI is InChI=1S/C15H17F2N3O2/c1-9-12(8-18-6-5-15(21)22)10(2)20(19-9)14-4-3-11(16)7-13(14)17/h3-4,7,18H,5-6,8H2,1-2H3,(H,21,22). The first kappa shape index (κ1) is 16.1. The summed E-state index contributed by atoms with van der Waals surface area (Å²) >= 11 is 0. The lowest BCUT2D eigenvalue weighted by Crippen LogP contribution is -2.18. The molecule has 1 aromatic heterocycles. The van der Waals surface area contributed by atoms with Crippen molar-refractivity contribution in [3.63, 3.8) is 0 Å². The fourth-order valence-corrected chi connectivity index (χ4v) is 2.23. The Hall–Kier alpha value is -2.28. The molecule has 118 valence electrons. The second kappa shape index (κ2) is 6.65. The lowest BCUT2D eigenvalue weighted by molar-refractivity contribution is -0.136. The first-order chi connectivity index (χ1) is 10.4. The smallest absolute Gasteiger partial charge is 0.304 e. The van der Waals surface area contributed by atoms with Gasteiger partial charge < -0.3 is 10.4 Å². The quantitative estimate of drug-likeness (QED) is 0.804. The fraction of sp³-hybridized carbons (Fsp3) is 0.333. The van der Waals surface area contributed by atoms with E-state index in [0.717, 1.165) is 17.3 Å². The van der Waals surface area contributed by atoms with E-state index in [1.165, 1.54) is 16.8 Å². The summed E-state index contributed by atoms with van der Waals surface area (Å²) in [5, 5.41) is 15.9. The number of aliphatic carboxylic acids is 1. The van der Waals surface area contributed by atoms with Crippen molar-refractivity contribution in [2.75, 3.05) is 6.54 Å². The molecule has 0 saturated heterocycles. The van der Waals surface area contributed by atoms with Crippen molar-refractivity contribution in [3.8, 4) is 5.69 Å². The monoisotopic (exact) mass is 309 g/mol. The van der Waals surface area contributed by atoms with E-state index in [-0.39, 0.29) is 12.1 Å². The highest BCUT2D eigenvalue weighted by Gasteiger charge is 2.15. The minimum absolute atomic E-state index is 0.0266. The summed E-state index contributed by atoms with van der Waals surface area (Å²) in [7, 11) is 0. The number of carbonyl (C=O) groups is 1. The van der Waals surface area contributed by atoms with Crippen molar-refractivity contribution in [2.45, 2.75) is 26.8 Å². The number of nitrogens with one attached hydrogen (secondary N) is 1. The SMILES string of the molecule is Cc1nn(-c2ccc(F)cc2F)c(C)c1CNCCC(=O)O. The summed E-state index contributed by atoms with van der Waals surface area (Å²) in [6, 6.07) is 3.34. The van der Waals surface area contributed by atoms with E-state index in [9.17, 15) is 13.6 Å². The van der Waals surface area contributed by atoms with Crippen molar-refractivity contribution in [3.05, 3.63) is 46.8 Å². The van der Waals surface area contributed by atoms with Crippen molar-refractivity contribution in [1.82, 2.24) is 15.1 Å². The first-order valence-corrected chi connectivity index (χ1v) is 6.83. The molecular formula is C15H17F2N3O2. The molecule has 0 aliphatic rings. The molecule has 0 amide bonds. The van der Waals surface area contributed by atoms with Crippen LogP contribution in [0.4, 0.5) is 8.78 Å². The predicted octanol–water partition coefficient (Wildman–Crippen LogP) is 2.33. The summed E-state index contributed by atoms with van der Waals surface area (Å²) < 4.78 is 28.3. The van der Waals surface area contributed by atoms with E-state index < -0.39 is 17.6 Å². The zero-order valence-corrected chi connectivity index (χ0v) is 12.4. The Bertz CT molecular complexity index is 698. The molecule has 0 aliphatic carbocycles. The Kier molecular flexibility index (Phi) is 4.87. The van der Waals surface area contributed by atoms with Crippen LogP contribution in [-0.4, -0.2) is 27.4 Å². The molecule has 2 aromatic rings. The van der Waals surface area contributed by atoms with Crippen molar-refractivity contribution < 1.29 is 18.7 Å². The molecule has 0 unspecified atom stereocenters. The summed E-state index contributed by atoms with van der Waals surface area (Å²) in [6.45, 7) is 4.36.